The van der Waals surface area contributed by atoms with E-state index in [-0.39, 0.29) is 29.1 Å². The Morgan fingerprint density at radius 3 is 1.69 bits per heavy atom. The maximum absolute atomic E-state index is 14.6. The zero-order chi connectivity index (χ0) is 46.9. The molecule has 0 saturated carbocycles. The second kappa shape index (κ2) is 15.4. The lowest BCUT2D eigenvalue weighted by Crippen LogP contribution is -2.74. The maximum atomic E-state index is 14.6. The number of hydrogen-bond donors (Lipinski definition) is 1. The number of para-hydroxylation sites is 1. The Morgan fingerprint density at radius 2 is 1.21 bits per heavy atom. The number of nitrogens with zero attached hydrogens (tertiary/aromatic N) is 2. The summed E-state index contributed by atoms with van der Waals surface area (Å²) in [7, 11) is 1.28. The Labute approximate surface area is 331 Å². The van der Waals surface area contributed by atoms with Gasteiger partial charge in [-0.3, -0.25) is 19.3 Å². The summed E-state index contributed by atoms with van der Waals surface area (Å²) < 4.78 is 244. The smallest absolute Gasteiger partial charge is 0.460 e. The first-order valence-corrected chi connectivity index (χ1v) is 17.2. The van der Waals surface area contributed by atoms with Crippen molar-refractivity contribution in [3.05, 3.63) is 59.7 Å². The molecule has 0 bridgehead atoms. The molecule has 3 amide bonds. The Balaban J connectivity index is 1.69. The molecule has 0 unspecified atom stereocenters. The number of carbonyl (C=O) groups is 4. The third-order valence-corrected chi connectivity index (χ3v) is 10.4. The van der Waals surface area contributed by atoms with Gasteiger partial charge in [0.25, 0.3) is 5.91 Å². The van der Waals surface area contributed by atoms with E-state index in [0.29, 0.717) is 9.80 Å². The quantitative estimate of drug-likeness (QED) is 0.0630. The van der Waals surface area contributed by atoms with E-state index in [2.05, 4.69) is 0 Å². The topological polar surface area (TPSA) is 119 Å². The van der Waals surface area contributed by atoms with E-state index in [9.17, 15) is 93.8 Å². The highest BCUT2D eigenvalue weighted by Crippen LogP contribution is 2.64. The lowest BCUT2D eigenvalue weighted by Gasteiger charge is -2.42. The summed E-state index contributed by atoms with van der Waals surface area (Å²) in [5.41, 5.74) is 2.84. The summed E-state index contributed by atoms with van der Waals surface area (Å²) in [6.07, 6.45) is -12.6. The van der Waals surface area contributed by atoms with E-state index in [1.807, 2.05) is 0 Å². The normalized spacial score (nSPS) is 22.1. The zero-order valence-electron chi connectivity index (χ0n) is 31.0. The molecule has 0 aromatic heterocycles. The van der Waals surface area contributed by atoms with Gasteiger partial charge in [-0.1, -0.05) is 24.3 Å². The summed E-state index contributed by atoms with van der Waals surface area (Å²) in [5.74, 6) is -65.9. The van der Waals surface area contributed by atoms with Crippen LogP contribution in [0.2, 0.25) is 0 Å². The average molecular weight is 912 g/mol. The molecule has 4 rings (SSSR count). The minimum atomic E-state index is -8.80. The van der Waals surface area contributed by atoms with Crippen molar-refractivity contribution in [2.45, 2.75) is 85.9 Å². The third kappa shape index (κ3) is 6.94. The van der Waals surface area contributed by atoms with Crippen LogP contribution in [0.25, 0.3) is 0 Å². The fourth-order valence-corrected chi connectivity index (χ4v) is 7.07. The molecule has 2 aromatic carbocycles. The first-order valence-electron chi connectivity index (χ1n) is 17.2. The number of esters is 1. The van der Waals surface area contributed by atoms with Crippen molar-refractivity contribution in [3.63, 3.8) is 0 Å². The Morgan fingerprint density at radius 1 is 0.721 bits per heavy atom. The van der Waals surface area contributed by atoms with Gasteiger partial charge in [0.1, 0.15) is 5.75 Å². The standard InChI is InChI=1S/C35H30F17N3O6/c1-4-54-24(57)20-21(25(54)58)27(2,55(23(56)18-8-5-6-9-19(18)53)22(20)16-10-12-17(60-3)13-11-16)26(59)61-15-7-14-28(36,37)29(38,39)30(40,41)31(42,43)32(44,45)33(46,47)34(48,49)35(50,51)52/h5-6,8-13,20-22H,4,7,14-15,53H2,1-3H3/t20-,21-,22-,27-/m1/s1. The van der Waals surface area contributed by atoms with Crippen molar-refractivity contribution in [1.82, 2.24) is 9.80 Å². The van der Waals surface area contributed by atoms with E-state index >= 15 is 0 Å². The van der Waals surface area contributed by atoms with Crippen molar-refractivity contribution < 1.29 is 103 Å². The molecule has 0 radical (unpaired) electrons. The van der Waals surface area contributed by atoms with Crippen molar-refractivity contribution in [2.75, 3.05) is 26.0 Å². The number of amides is 3. The monoisotopic (exact) mass is 911 g/mol. The van der Waals surface area contributed by atoms with Gasteiger partial charge in [-0.05, 0) is 50.1 Å². The van der Waals surface area contributed by atoms with Crippen LogP contribution in [0.4, 0.5) is 80.3 Å². The summed E-state index contributed by atoms with van der Waals surface area (Å²) >= 11 is 0. The van der Waals surface area contributed by atoms with Crippen molar-refractivity contribution >= 4 is 29.4 Å². The van der Waals surface area contributed by atoms with Crippen LogP contribution in [-0.4, -0.2) is 107 Å². The number of anilines is 1. The molecule has 2 aliphatic heterocycles. The lowest BCUT2D eigenvalue weighted by atomic mass is 9.80. The number of halogens is 17. The molecule has 61 heavy (non-hydrogen) atoms. The van der Waals surface area contributed by atoms with E-state index in [1.54, 1.807) is 0 Å². The summed E-state index contributed by atoms with van der Waals surface area (Å²) in [4.78, 5) is 57.3. The number of methoxy groups -OCH3 is 1. The highest BCUT2D eigenvalue weighted by Gasteiger charge is 2.95. The van der Waals surface area contributed by atoms with Crippen LogP contribution in [0.5, 0.6) is 5.75 Å². The Bertz CT molecular complexity index is 2030. The number of alkyl halides is 17. The number of hydrogen-bond acceptors (Lipinski definition) is 7. The second-order valence-corrected chi connectivity index (χ2v) is 13.9. The van der Waals surface area contributed by atoms with Crippen molar-refractivity contribution in [2.24, 2.45) is 11.8 Å². The molecular formula is C35H30F17N3O6. The molecule has 0 aliphatic carbocycles. The SMILES string of the molecule is CCN1C(=O)[C@H]2[C@@H](c3ccc(OC)cc3)N(C(=O)c3ccccc3N)[C@@](C)(C(=O)OCCCC(F)(F)C(F)(F)C(F)(F)C(F)(F)C(F)(F)C(F)(F)C(F)(F)C(F)(F)F)[C@H]2C1=O. The number of imide groups is 1. The molecule has 26 heteroatoms. The zero-order valence-corrected chi connectivity index (χ0v) is 31.0. The molecule has 2 aromatic rings. The van der Waals surface area contributed by atoms with Crippen molar-refractivity contribution in [3.8, 4) is 5.75 Å². The van der Waals surface area contributed by atoms with Gasteiger partial charge in [-0.2, -0.15) is 74.6 Å². The van der Waals surface area contributed by atoms with Gasteiger partial charge in [0.15, 0.2) is 5.54 Å². The molecule has 2 N–H and O–H groups in total. The molecular weight excluding hydrogens is 881 g/mol. The number of ether oxygens (including phenoxy) is 2. The highest BCUT2D eigenvalue weighted by atomic mass is 19.4. The van der Waals surface area contributed by atoms with E-state index < -0.39 is 114 Å². The molecule has 340 valence electrons. The van der Waals surface area contributed by atoms with Crippen LogP contribution in [-0.2, 0) is 19.1 Å². The van der Waals surface area contributed by atoms with Gasteiger partial charge in [0.05, 0.1) is 37.2 Å². The van der Waals surface area contributed by atoms with Crippen LogP contribution in [0.1, 0.15) is 48.7 Å². The van der Waals surface area contributed by atoms with Crippen LogP contribution >= 0.6 is 0 Å². The Kier molecular flexibility index (Phi) is 12.2. The van der Waals surface area contributed by atoms with Gasteiger partial charge in [0.2, 0.25) is 11.8 Å². The lowest BCUT2D eigenvalue weighted by molar-refractivity contribution is -0.461. The number of nitrogen functional groups attached to an aromatic ring is 1. The fraction of sp³-hybridized carbons (Fsp3) is 0.543. The van der Waals surface area contributed by atoms with Gasteiger partial charge in [-0.15, -0.1) is 0 Å². The molecule has 2 fully saturated rings. The van der Waals surface area contributed by atoms with Crippen molar-refractivity contribution in [1.29, 1.82) is 0 Å². The van der Waals surface area contributed by atoms with Gasteiger partial charge < -0.3 is 20.1 Å². The fourth-order valence-electron chi connectivity index (χ4n) is 7.07. The number of rotatable bonds is 15. The average Bonchev–Trinajstić information content (AvgIpc) is 3.59. The summed E-state index contributed by atoms with van der Waals surface area (Å²) in [6.45, 7) is 0.268. The van der Waals surface area contributed by atoms with Gasteiger partial charge >= 0.3 is 53.6 Å². The molecule has 2 heterocycles. The minimum Gasteiger partial charge on any atom is -0.497 e. The molecule has 9 nitrogen and oxygen atoms in total. The molecule has 4 atom stereocenters. The predicted molar refractivity (Wildman–Crippen MR) is 171 cm³/mol. The van der Waals surface area contributed by atoms with Gasteiger partial charge in [0, 0.05) is 18.7 Å². The van der Waals surface area contributed by atoms with Crippen LogP contribution in [0, 0.1) is 11.8 Å². The number of benzene rings is 2. The number of nitrogens with two attached hydrogens (primary N) is 1. The first kappa shape index (κ1) is 48.6. The van der Waals surface area contributed by atoms with Crippen LogP contribution in [0.15, 0.2) is 48.5 Å². The highest BCUT2D eigenvalue weighted by molar-refractivity contribution is 6.12. The summed E-state index contributed by atoms with van der Waals surface area (Å²) in [5, 5.41) is 0. The minimum absolute atomic E-state index is 0.0827. The number of fused-ring (bicyclic) bond motifs is 1. The predicted octanol–water partition coefficient (Wildman–Crippen LogP) is 8.19. The van der Waals surface area contributed by atoms with E-state index in [1.165, 1.54) is 56.5 Å². The van der Waals surface area contributed by atoms with E-state index in [0.717, 1.165) is 13.0 Å². The van der Waals surface area contributed by atoms with Crippen LogP contribution in [0.3, 0.4) is 0 Å². The number of carbonyl (C=O) groups excluding carboxylic acids is 4. The van der Waals surface area contributed by atoms with E-state index in [4.69, 9.17) is 15.2 Å². The number of likely N-dealkylation sites (tertiary alicyclic amines) is 2. The van der Waals surface area contributed by atoms with Crippen LogP contribution < -0.4 is 10.5 Å². The Hall–Kier alpha value is -5.07. The molecule has 2 aliphatic rings. The molecule has 2 saturated heterocycles. The van der Waals surface area contributed by atoms with Gasteiger partial charge in [-0.25, -0.2) is 4.79 Å². The maximum Gasteiger partial charge on any atom is 0.460 e. The first-order chi connectivity index (χ1) is 27.6. The molecule has 0 spiro atoms. The largest absolute Gasteiger partial charge is 0.497 e. The second-order valence-electron chi connectivity index (χ2n) is 13.9. The summed E-state index contributed by atoms with van der Waals surface area (Å²) in [6, 6.07) is 8.91. The third-order valence-electron chi connectivity index (χ3n) is 10.4.